The quantitative estimate of drug-likeness (QED) is 0.770. The molecule has 1 aromatic rings. The smallest absolute Gasteiger partial charge is 0.252 e. The number of aliphatic hydroxyl groups excluding tert-OH is 1. The monoisotopic (exact) mass is 391 g/mol. The van der Waals surface area contributed by atoms with Crippen LogP contribution in [0.4, 0.5) is 0 Å². The molecule has 3 aliphatic heterocycles. The van der Waals surface area contributed by atoms with Crippen molar-refractivity contribution in [2.45, 2.75) is 50.4 Å². The van der Waals surface area contributed by atoms with E-state index in [0.29, 0.717) is 39.1 Å². The summed E-state index contributed by atoms with van der Waals surface area (Å²) in [5.74, 6) is -0.234. The van der Waals surface area contributed by atoms with Crippen LogP contribution in [0.3, 0.4) is 0 Å². The van der Waals surface area contributed by atoms with Crippen LogP contribution < -0.4 is 0 Å². The number of carbonyl (C=O) groups excluding carboxylic acids is 2. The van der Waals surface area contributed by atoms with Crippen molar-refractivity contribution in [2.24, 2.45) is 0 Å². The molecule has 0 bridgehead atoms. The van der Waals surface area contributed by atoms with Gasteiger partial charge in [-0.05, 0) is 24.5 Å². The fourth-order valence-corrected chi connectivity index (χ4v) is 4.89. The predicted octanol–water partition coefficient (Wildman–Crippen LogP) is 1.50. The second-order valence-electron chi connectivity index (χ2n) is 7.97. The maximum absolute atomic E-state index is 13.3. The first-order valence-corrected chi connectivity index (χ1v) is 10.1. The summed E-state index contributed by atoms with van der Waals surface area (Å²) >= 11 is 6.27. The largest absolute Gasteiger partial charge is 0.392 e. The number of piperazine rings is 1. The summed E-state index contributed by atoms with van der Waals surface area (Å²) in [6.07, 6.45) is 1.61. The lowest BCUT2D eigenvalue weighted by atomic mass is 9.82. The molecule has 3 fully saturated rings. The van der Waals surface area contributed by atoms with Gasteiger partial charge in [-0.1, -0.05) is 43.1 Å². The Balaban J connectivity index is 1.54. The van der Waals surface area contributed by atoms with Crippen molar-refractivity contribution in [1.82, 2.24) is 14.7 Å². The van der Waals surface area contributed by atoms with Gasteiger partial charge in [0.2, 0.25) is 5.91 Å². The topological polar surface area (TPSA) is 64.1 Å². The Morgan fingerprint density at radius 1 is 1.26 bits per heavy atom. The summed E-state index contributed by atoms with van der Waals surface area (Å²) in [5.41, 5.74) is 0.347. The second kappa shape index (κ2) is 7.17. The Labute approximate surface area is 164 Å². The van der Waals surface area contributed by atoms with Gasteiger partial charge in [0, 0.05) is 37.7 Å². The predicted molar refractivity (Wildman–Crippen MR) is 102 cm³/mol. The lowest BCUT2D eigenvalue weighted by Gasteiger charge is -2.58. The number of nitrogens with zero attached hydrogens (tertiary/aromatic N) is 3. The van der Waals surface area contributed by atoms with E-state index < -0.39 is 11.6 Å². The van der Waals surface area contributed by atoms with E-state index in [1.54, 1.807) is 0 Å². The van der Waals surface area contributed by atoms with Gasteiger partial charge in [0.1, 0.15) is 5.54 Å². The highest BCUT2D eigenvalue weighted by Crippen LogP contribution is 2.41. The molecule has 0 unspecified atom stereocenters. The van der Waals surface area contributed by atoms with E-state index in [2.05, 4.69) is 11.8 Å². The molecule has 0 aliphatic carbocycles. The number of likely N-dealkylation sites (tertiary alicyclic amines) is 1. The van der Waals surface area contributed by atoms with Crippen LogP contribution in [0, 0.1) is 0 Å². The van der Waals surface area contributed by atoms with E-state index in [4.69, 9.17) is 11.6 Å². The average molecular weight is 392 g/mol. The molecule has 7 heteroatoms. The molecule has 1 N–H and O–H groups in total. The number of rotatable bonds is 5. The van der Waals surface area contributed by atoms with Crippen LogP contribution in [0.15, 0.2) is 24.3 Å². The van der Waals surface area contributed by atoms with Gasteiger partial charge >= 0.3 is 0 Å². The summed E-state index contributed by atoms with van der Waals surface area (Å²) in [4.78, 5) is 31.7. The average Bonchev–Trinajstić information content (AvgIpc) is 3.00. The molecule has 146 valence electrons. The number of halogens is 1. The summed E-state index contributed by atoms with van der Waals surface area (Å²) in [7, 11) is 0. The van der Waals surface area contributed by atoms with Crippen LogP contribution in [0.1, 0.15) is 31.7 Å². The van der Waals surface area contributed by atoms with Crippen molar-refractivity contribution in [2.75, 3.05) is 26.2 Å². The number of carbonyl (C=O) groups is 2. The first-order chi connectivity index (χ1) is 13.0. The van der Waals surface area contributed by atoms with Crippen LogP contribution in [0.2, 0.25) is 5.02 Å². The normalized spacial score (nSPS) is 27.9. The molecule has 3 aliphatic rings. The van der Waals surface area contributed by atoms with E-state index in [9.17, 15) is 14.7 Å². The first-order valence-electron chi connectivity index (χ1n) is 9.72. The number of fused-ring (bicyclic) bond motifs is 2. The van der Waals surface area contributed by atoms with Crippen LogP contribution in [-0.4, -0.2) is 75.5 Å². The highest BCUT2D eigenvalue weighted by atomic mass is 35.5. The molecule has 0 radical (unpaired) electrons. The van der Waals surface area contributed by atoms with Gasteiger partial charge in [0.15, 0.2) is 0 Å². The highest BCUT2D eigenvalue weighted by Gasteiger charge is 2.63. The molecule has 0 saturated carbocycles. The van der Waals surface area contributed by atoms with E-state index >= 15 is 0 Å². The Hall–Kier alpha value is -1.47. The molecular weight excluding hydrogens is 366 g/mol. The fraction of sp³-hybridized carbons (Fsp3) is 0.600. The van der Waals surface area contributed by atoms with Crippen molar-refractivity contribution < 1.29 is 14.7 Å². The van der Waals surface area contributed by atoms with E-state index in [-0.39, 0.29) is 17.9 Å². The second-order valence-corrected chi connectivity index (χ2v) is 8.38. The summed E-state index contributed by atoms with van der Waals surface area (Å²) in [6, 6.07) is 7.35. The summed E-state index contributed by atoms with van der Waals surface area (Å²) in [5, 5.41) is 10.9. The van der Waals surface area contributed by atoms with Crippen LogP contribution in [0.5, 0.6) is 0 Å². The van der Waals surface area contributed by atoms with Gasteiger partial charge in [0.25, 0.3) is 5.91 Å². The SMILES string of the molecule is CCCCN1C(=O)[C@@H]2C[C@@H](O)CN2C2(CN(Cc3ccccc3Cl)C2)C1=O. The standard InChI is InChI=1S/C20H26ClN3O3/c1-2-3-8-23-18(26)17-9-15(25)11-24(17)20(19(23)27)12-22(13-20)10-14-6-4-5-7-16(14)21/h4-7,15,17,25H,2-3,8-13H2,1H3/t15-,17+/m1/s1. The zero-order valence-corrected chi connectivity index (χ0v) is 16.4. The number of imide groups is 1. The highest BCUT2D eigenvalue weighted by molar-refractivity contribution is 6.31. The minimum Gasteiger partial charge on any atom is -0.392 e. The van der Waals surface area contributed by atoms with Crippen LogP contribution in [0.25, 0.3) is 0 Å². The zero-order chi connectivity index (χ0) is 19.2. The van der Waals surface area contributed by atoms with Gasteiger partial charge < -0.3 is 5.11 Å². The number of hydrogen-bond donors (Lipinski definition) is 1. The molecular formula is C20H26ClN3O3. The van der Waals surface area contributed by atoms with Crippen molar-refractivity contribution in [1.29, 1.82) is 0 Å². The molecule has 3 heterocycles. The third-order valence-corrected chi connectivity index (χ3v) is 6.45. The third-order valence-electron chi connectivity index (χ3n) is 6.08. The van der Waals surface area contributed by atoms with Gasteiger partial charge in [-0.3, -0.25) is 24.3 Å². The van der Waals surface area contributed by atoms with Gasteiger partial charge in [-0.15, -0.1) is 0 Å². The molecule has 0 aromatic heterocycles. The maximum Gasteiger partial charge on any atom is 0.252 e. The number of unbranched alkanes of at least 4 members (excludes halogenated alkanes) is 1. The molecule has 3 saturated heterocycles. The van der Waals surface area contributed by atoms with Crippen molar-refractivity contribution in [3.05, 3.63) is 34.9 Å². The van der Waals surface area contributed by atoms with Crippen LogP contribution >= 0.6 is 11.6 Å². The molecule has 2 amide bonds. The van der Waals surface area contributed by atoms with Gasteiger partial charge in [-0.25, -0.2) is 0 Å². The first kappa shape index (κ1) is 18.9. The van der Waals surface area contributed by atoms with Crippen molar-refractivity contribution in [3.8, 4) is 0 Å². The molecule has 27 heavy (non-hydrogen) atoms. The number of amides is 2. The number of benzene rings is 1. The number of β-amino-alcohol motifs (C(OH)–C–C–N with tert-alkyl or cyclic N) is 1. The van der Waals surface area contributed by atoms with E-state index in [1.165, 1.54) is 4.90 Å². The Morgan fingerprint density at radius 3 is 2.70 bits per heavy atom. The molecule has 6 nitrogen and oxygen atoms in total. The Morgan fingerprint density at radius 2 is 2.00 bits per heavy atom. The van der Waals surface area contributed by atoms with E-state index in [0.717, 1.165) is 23.4 Å². The number of aliphatic hydroxyl groups is 1. The molecule has 1 aromatic carbocycles. The molecule has 2 atom stereocenters. The maximum atomic E-state index is 13.3. The Bertz CT molecular complexity index is 750. The van der Waals surface area contributed by atoms with Crippen LogP contribution in [-0.2, 0) is 16.1 Å². The van der Waals surface area contributed by atoms with Gasteiger partial charge in [-0.2, -0.15) is 0 Å². The molecule has 1 spiro atoms. The zero-order valence-electron chi connectivity index (χ0n) is 15.6. The van der Waals surface area contributed by atoms with E-state index in [1.807, 2.05) is 29.2 Å². The fourth-order valence-electron chi connectivity index (χ4n) is 4.69. The van der Waals surface area contributed by atoms with Gasteiger partial charge in [0.05, 0.1) is 12.1 Å². The minimum absolute atomic E-state index is 0.0956. The third kappa shape index (κ3) is 3.09. The Kier molecular flexibility index (Phi) is 5.01. The lowest BCUT2D eigenvalue weighted by molar-refractivity contribution is -0.180. The minimum atomic E-state index is -0.689. The summed E-state index contributed by atoms with van der Waals surface area (Å²) < 4.78 is 0. The lowest BCUT2D eigenvalue weighted by Crippen LogP contribution is -2.81. The number of hydrogen-bond acceptors (Lipinski definition) is 5. The van der Waals surface area contributed by atoms with Crippen molar-refractivity contribution >= 4 is 23.4 Å². The van der Waals surface area contributed by atoms with Crippen molar-refractivity contribution in [3.63, 3.8) is 0 Å². The molecule has 4 rings (SSSR count). The summed E-state index contributed by atoms with van der Waals surface area (Å²) in [6.45, 7) is 4.73.